The van der Waals surface area contributed by atoms with Crippen molar-refractivity contribution in [1.29, 1.82) is 5.26 Å². The second-order valence-electron chi connectivity index (χ2n) is 4.62. The summed E-state index contributed by atoms with van der Waals surface area (Å²) in [5, 5.41) is 13.0. The van der Waals surface area contributed by atoms with Gasteiger partial charge in [-0.05, 0) is 27.2 Å². The summed E-state index contributed by atoms with van der Waals surface area (Å²) in [6.45, 7) is 9.05. The zero-order chi connectivity index (χ0) is 12.6. The standard InChI is InChI=1S/C12H24N2OS/c1-10(2)14-12(4,9-13)8-11(3)16-7-6-15-5/h10-11,14H,6-8H2,1-5H3. The predicted molar refractivity (Wildman–Crippen MR) is 70.7 cm³/mol. The third-order valence-electron chi connectivity index (χ3n) is 2.24. The minimum absolute atomic E-state index is 0.334. The molecule has 0 aromatic carbocycles. The Morgan fingerprint density at radius 2 is 2.06 bits per heavy atom. The molecule has 0 aliphatic carbocycles. The van der Waals surface area contributed by atoms with Crippen LogP contribution in [0.3, 0.4) is 0 Å². The minimum atomic E-state index is -0.423. The molecule has 94 valence electrons. The first-order valence-corrected chi connectivity index (χ1v) is 6.78. The lowest BCUT2D eigenvalue weighted by Crippen LogP contribution is -2.46. The molecule has 0 saturated carbocycles. The number of ether oxygens (including phenoxy) is 1. The molecule has 0 heterocycles. The molecule has 1 N–H and O–H groups in total. The molecule has 4 heteroatoms. The largest absolute Gasteiger partial charge is 0.384 e. The van der Waals surface area contributed by atoms with Gasteiger partial charge >= 0.3 is 0 Å². The molecule has 2 unspecified atom stereocenters. The number of nitrogens with zero attached hydrogens (tertiary/aromatic N) is 1. The normalized spacial score (nSPS) is 16.8. The zero-order valence-electron chi connectivity index (χ0n) is 11.0. The first kappa shape index (κ1) is 15.8. The monoisotopic (exact) mass is 244 g/mol. The molecule has 0 radical (unpaired) electrons. The number of thioether (sulfide) groups is 1. The van der Waals surface area contributed by atoms with E-state index in [0.29, 0.717) is 11.3 Å². The number of rotatable bonds is 8. The van der Waals surface area contributed by atoms with Gasteiger partial charge in [0.1, 0.15) is 5.54 Å². The average molecular weight is 244 g/mol. The SMILES string of the molecule is COCCSC(C)CC(C)(C#N)NC(C)C. The van der Waals surface area contributed by atoms with E-state index >= 15 is 0 Å². The zero-order valence-corrected chi connectivity index (χ0v) is 11.9. The van der Waals surface area contributed by atoms with Crippen molar-refractivity contribution in [2.24, 2.45) is 0 Å². The summed E-state index contributed by atoms with van der Waals surface area (Å²) in [6.07, 6.45) is 0.857. The lowest BCUT2D eigenvalue weighted by atomic mass is 9.97. The maximum absolute atomic E-state index is 9.21. The Bertz CT molecular complexity index is 228. The number of hydrogen-bond acceptors (Lipinski definition) is 4. The van der Waals surface area contributed by atoms with E-state index in [-0.39, 0.29) is 0 Å². The Hall–Kier alpha value is -0.240. The molecule has 0 amide bonds. The van der Waals surface area contributed by atoms with Crippen LogP contribution in [0.4, 0.5) is 0 Å². The highest BCUT2D eigenvalue weighted by atomic mass is 32.2. The maximum Gasteiger partial charge on any atom is 0.105 e. The van der Waals surface area contributed by atoms with Crippen molar-refractivity contribution in [1.82, 2.24) is 5.32 Å². The van der Waals surface area contributed by atoms with E-state index in [9.17, 15) is 5.26 Å². The van der Waals surface area contributed by atoms with E-state index in [1.54, 1.807) is 7.11 Å². The molecule has 3 nitrogen and oxygen atoms in total. The van der Waals surface area contributed by atoms with Crippen LogP contribution in [0.2, 0.25) is 0 Å². The Morgan fingerprint density at radius 3 is 2.50 bits per heavy atom. The van der Waals surface area contributed by atoms with Crippen LogP contribution in [0.15, 0.2) is 0 Å². The van der Waals surface area contributed by atoms with Gasteiger partial charge in [0.05, 0.1) is 12.7 Å². The van der Waals surface area contributed by atoms with Gasteiger partial charge < -0.3 is 4.74 Å². The van der Waals surface area contributed by atoms with Crippen LogP contribution in [-0.2, 0) is 4.74 Å². The van der Waals surface area contributed by atoms with Gasteiger partial charge in [0.25, 0.3) is 0 Å². The highest BCUT2D eigenvalue weighted by Crippen LogP contribution is 2.21. The summed E-state index contributed by atoms with van der Waals surface area (Å²) in [4.78, 5) is 0. The highest BCUT2D eigenvalue weighted by Gasteiger charge is 2.26. The minimum Gasteiger partial charge on any atom is -0.384 e. The van der Waals surface area contributed by atoms with Crippen LogP contribution in [0, 0.1) is 11.3 Å². The van der Waals surface area contributed by atoms with E-state index in [0.717, 1.165) is 18.8 Å². The Labute approximate surface area is 104 Å². The number of nitrogens with one attached hydrogen (secondary N) is 1. The molecular weight excluding hydrogens is 220 g/mol. The number of nitriles is 1. The van der Waals surface area contributed by atoms with Crippen molar-refractivity contribution in [3.63, 3.8) is 0 Å². The first-order chi connectivity index (χ1) is 7.43. The fourth-order valence-electron chi connectivity index (χ4n) is 1.74. The van der Waals surface area contributed by atoms with Gasteiger partial charge in [0.2, 0.25) is 0 Å². The van der Waals surface area contributed by atoms with E-state index < -0.39 is 5.54 Å². The van der Waals surface area contributed by atoms with E-state index in [2.05, 4.69) is 32.2 Å². The van der Waals surface area contributed by atoms with Gasteiger partial charge in [-0.2, -0.15) is 17.0 Å². The summed E-state index contributed by atoms with van der Waals surface area (Å²) in [5.41, 5.74) is -0.423. The number of methoxy groups -OCH3 is 1. The molecule has 0 saturated heterocycles. The van der Waals surface area contributed by atoms with Crippen LogP contribution in [-0.4, -0.2) is 36.3 Å². The van der Waals surface area contributed by atoms with Crippen LogP contribution < -0.4 is 5.32 Å². The van der Waals surface area contributed by atoms with E-state index in [1.807, 2.05) is 18.7 Å². The molecule has 16 heavy (non-hydrogen) atoms. The molecule has 0 rings (SSSR count). The maximum atomic E-state index is 9.21. The summed E-state index contributed by atoms with van der Waals surface area (Å²) < 4.78 is 5.01. The second-order valence-corrected chi connectivity index (χ2v) is 6.17. The molecular formula is C12H24N2OS. The van der Waals surface area contributed by atoms with Crippen molar-refractivity contribution in [3.8, 4) is 6.07 Å². The molecule has 0 fully saturated rings. The Kier molecular flexibility index (Phi) is 7.82. The van der Waals surface area contributed by atoms with Crippen LogP contribution in [0.25, 0.3) is 0 Å². The summed E-state index contributed by atoms with van der Waals surface area (Å²) >= 11 is 1.85. The first-order valence-electron chi connectivity index (χ1n) is 5.73. The van der Waals surface area contributed by atoms with Gasteiger partial charge in [-0.1, -0.05) is 6.92 Å². The van der Waals surface area contributed by atoms with Gasteiger partial charge in [-0.3, -0.25) is 5.32 Å². The topological polar surface area (TPSA) is 45.0 Å². The van der Waals surface area contributed by atoms with Crippen LogP contribution >= 0.6 is 11.8 Å². The van der Waals surface area contributed by atoms with Crippen molar-refractivity contribution < 1.29 is 4.74 Å². The fraction of sp³-hybridized carbons (Fsp3) is 0.917. The van der Waals surface area contributed by atoms with Crippen molar-refractivity contribution in [2.75, 3.05) is 19.5 Å². The van der Waals surface area contributed by atoms with Gasteiger partial charge in [0, 0.05) is 24.2 Å². The fourth-order valence-corrected chi connectivity index (χ4v) is 2.86. The number of hydrogen-bond donors (Lipinski definition) is 1. The van der Waals surface area contributed by atoms with E-state index in [4.69, 9.17) is 4.74 Å². The predicted octanol–water partition coefficient (Wildman–Crippen LogP) is 2.42. The third kappa shape index (κ3) is 7.10. The summed E-state index contributed by atoms with van der Waals surface area (Å²) in [5.74, 6) is 0.987. The van der Waals surface area contributed by atoms with Crippen molar-refractivity contribution >= 4 is 11.8 Å². The molecule has 0 bridgehead atoms. The van der Waals surface area contributed by atoms with Crippen molar-refractivity contribution in [2.45, 2.75) is 50.9 Å². The second kappa shape index (κ2) is 7.94. The Balaban J connectivity index is 4.05. The van der Waals surface area contributed by atoms with Crippen LogP contribution in [0.5, 0.6) is 0 Å². The van der Waals surface area contributed by atoms with E-state index in [1.165, 1.54) is 0 Å². The molecule has 0 aromatic rings. The van der Waals surface area contributed by atoms with Gasteiger partial charge in [-0.15, -0.1) is 0 Å². The third-order valence-corrected chi connectivity index (χ3v) is 3.38. The summed E-state index contributed by atoms with van der Waals surface area (Å²) in [7, 11) is 1.71. The van der Waals surface area contributed by atoms with Gasteiger partial charge in [-0.25, -0.2) is 0 Å². The van der Waals surface area contributed by atoms with Gasteiger partial charge in [0.15, 0.2) is 0 Å². The highest BCUT2D eigenvalue weighted by molar-refractivity contribution is 7.99. The van der Waals surface area contributed by atoms with Crippen molar-refractivity contribution in [3.05, 3.63) is 0 Å². The Morgan fingerprint density at radius 1 is 1.44 bits per heavy atom. The molecule has 0 aliphatic rings. The molecule has 0 aliphatic heterocycles. The lowest BCUT2D eigenvalue weighted by molar-refractivity contribution is 0.218. The molecule has 0 aromatic heterocycles. The van der Waals surface area contributed by atoms with Crippen LogP contribution in [0.1, 0.15) is 34.1 Å². The lowest BCUT2D eigenvalue weighted by Gasteiger charge is -2.28. The molecule has 0 spiro atoms. The molecule has 2 atom stereocenters. The quantitative estimate of drug-likeness (QED) is 0.666. The smallest absolute Gasteiger partial charge is 0.105 e. The summed E-state index contributed by atoms with van der Waals surface area (Å²) in [6, 6.07) is 2.71. The average Bonchev–Trinajstić information content (AvgIpc) is 2.16.